The summed E-state index contributed by atoms with van der Waals surface area (Å²) in [5.74, 6) is 2.38. The number of unbranched alkanes of at least 4 members (excludes halogenated alkanes) is 3. The molecule has 3 aliphatic carbocycles. The van der Waals surface area contributed by atoms with E-state index in [9.17, 15) is 19.2 Å². The Bertz CT molecular complexity index is 2020. The van der Waals surface area contributed by atoms with Crippen molar-refractivity contribution in [3.05, 3.63) is 59.2 Å². The third kappa shape index (κ3) is 11.8. The third-order valence-corrected chi connectivity index (χ3v) is 14.4. The molecule has 0 radical (unpaired) electrons. The molecule has 10 nitrogen and oxygen atoms in total. The summed E-state index contributed by atoms with van der Waals surface area (Å²) in [4.78, 5) is 62.0. The van der Waals surface area contributed by atoms with Crippen molar-refractivity contribution in [2.24, 2.45) is 5.92 Å². The normalized spacial score (nSPS) is 19.4. The molecule has 10 heteroatoms. The van der Waals surface area contributed by atoms with Gasteiger partial charge in [0.2, 0.25) is 0 Å². The van der Waals surface area contributed by atoms with E-state index >= 15 is 0 Å². The van der Waals surface area contributed by atoms with Crippen LogP contribution in [0.5, 0.6) is 11.5 Å². The number of amides is 4. The van der Waals surface area contributed by atoms with Gasteiger partial charge in [0.05, 0.1) is 11.4 Å². The van der Waals surface area contributed by atoms with Crippen molar-refractivity contribution in [2.45, 2.75) is 220 Å². The smallest absolute Gasteiger partial charge is 0.270 e. The zero-order chi connectivity index (χ0) is 47.2. The van der Waals surface area contributed by atoms with Gasteiger partial charge in [-0.05, 0) is 162 Å². The van der Waals surface area contributed by atoms with E-state index in [0.29, 0.717) is 53.5 Å². The molecule has 2 aromatic rings. The van der Waals surface area contributed by atoms with Crippen LogP contribution < -0.4 is 19.3 Å². The second-order valence-corrected chi connectivity index (χ2v) is 21.3. The fraction of sp³-hybridized carbons (Fsp3) is 0.673. The highest BCUT2D eigenvalue weighted by Crippen LogP contribution is 2.43. The third-order valence-electron chi connectivity index (χ3n) is 14.4. The molecule has 2 heterocycles. The first-order valence-electron chi connectivity index (χ1n) is 25.4. The summed E-state index contributed by atoms with van der Waals surface area (Å²) < 4.78 is 12.2. The summed E-state index contributed by atoms with van der Waals surface area (Å²) >= 11 is 0. The van der Waals surface area contributed by atoms with E-state index in [1.165, 1.54) is 57.8 Å². The molecule has 2 aromatic carbocycles. The molecule has 0 atom stereocenters. The van der Waals surface area contributed by atoms with Gasteiger partial charge in [0.1, 0.15) is 11.5 Å². The summed E-state index contributed by atoms with van der Waals surface area (Å²) in [6, 6.07) is 8.60. The lowest BCUT2D eigenvalue weighted by molar-refractivity contribution is -0.133. The van der Waals surface area contributed by atoms with Gasteiger partial charge < -0.3 is 29.1 Å². The number of hydrogen-bond acceptors (Lipinski definition) is 6. The molecule has 65 heavy (non-hydrogen) atoms. The van der Waals surface area contributed by atoms with Crippen molar-refractivity contribution in [1.29, 1.82) is 0 Å². The number of rotatable bonds is 16. The van der Waals surface area contributed by atoms with E-state index in [1.807, 2.05) is 81.7 Å². The molecule has 0 bridgehead atoms. The van der Waals surface area contributed by atoms with Crippen LogP contribution in [0.4, 0.5) is 11.4 Å². The van der Waals surface area contributed by atoms with E-state index in [-0.39, 0.29) is 35.7 Å². The van der Waals surface area contributed by atoms with Gasteiger partial charge >= 0.3 is 0 Å². The SMILES string of the molecule is C=CCCCCN1C(=O)C(C)(C)Oc2cc(C)c(C(=O)N(C(C)C)C3CCCCC3)cc21.Cc1cc2c(cc1C(=O)N(C(C)C)C1CCCCC1)N(CCCCC1CC1)C(=O)C(C)(C)O2. The van der Waals surface area contributed by atoms with Crippen LogP contribution in [0.2, 0.25) is 0 Å². The van der Waals surface area contributed by atoms with E-state index in [4.69, 9.17) is 9.47 Å². The maximum atomic E-state index is 13.8. The lowest BCUT2D eigenvalue weighted by atomic mass is 9.92. The lowest BCUT2D eigenvalue weighted by Gasteiger charge is -2.40. The second-order valence-electron chi connectivity index (χ2n) is 21.3. The molecular weight excluding hydrogens is 813 g/mol. The Morgan fingerprint density at radius 1 is 0.646 bits per heavy atom. The number of carbonyl (C=O) groups is 4. The van der Waals surface area contributed by atoms with Crippen LogP contribution in [0.25, 0.3) is 0 Å². The summed E-state index contributed by atoms with van der Waals surface area (Å²) in [7, 11) is 0. The van der Waals surface area contributed by atoms with E-state index in [0.717, 1.165) is 80.5 Å². The van der Waals surface area contributed by atoms with Crippen LogP contribution in [0.3, 0.4) is 0 Å². The minimum Gasteiger partial charge on any atom is -0.476 e. The Balaban J connectivity index is 0.000000216. The average molecular weight is 895 g/mol. The highest BCUT2D eigenvalue weighted by Gasteiger charge is 2.43. The second kappa shape index (κ2) is 21.5. The first-order chi connectivity index (χ1) is 30.9. The van der Waals surface area contributed by atoms with Crippen molar-refractivity contribution in [3.63, 3.8) is 0 Å². The maximum absolute atomic E-state index is 13.8. The molecule has 5 aliphatic rings. The standard InChI is InChI=1S/C28H42N2O3.C27H40N2O3/c1-19(2)30(22-12-7-6-8-13-22)26(31)23-18-24-25(17-20(23)3)33-28(4,5)27(32)29(24)16-10-9-11-21-14-15-21;1-7-8-9-13-16-28-23-18-22(20(4)17-24(23)32-27(5,6)26(28)31)25(30)29(19(2)3)21-14-11-10-12-15-21/h17-19,21-22H,6-16H2,1-5H3;7,17-19,21H,1,8-16H2,2-6H3. The van der Waals surface area contributed by atoms with Crippen molar-refractivity contribution in [3.8, 4) is 11.5 Å². The van der Waals surface area contributed by atoms with Crippen LogP contribution >= 0.6 is 0 Å². The number of allylic oxidation sites excluding steroid dienone is 1. The van der Waals surface area contributed by atoms with Crippen LogP contribution in [0.1, 0.15) is 203 Å². The fourth-order valence-electron chi connectivity index (χ4n) is 10.6. The minimum absolute atomic E-state index is 0.0170. The van der Waals surface area contributed by atoms with Gasteiger partial charge in [0.25, 0.3) is 23.6 Å². The van der Waals surface area contributed by atoms with Gasteiger partial charge in [-0.2, -0.15) is 0 Å². The van der Waals surface area contributed by atoms with Gasteiger partial charge in [-0.15, -0.1) is 6.58 Å². The van der Waals surface area contributed by atoms with Crippen LogP contribution in [-0.4, -0.2) is 81.9 Å². The van der Waals surface area contributed by atoms with Gasteiger partial charge in [-0.3, -0.25) is 19.2 Å². The van der Waals surface area contributed by atoms with Gasteiger partial charge in [0.15, 0.2) is 11.2 Å². The first-order valence-corrected chi connectivity index (χ1v) is 25.4. The molecular formula is C55H82N4O6. The molecule has 0 N–H and O–H groups in total. The molecule has 0 unspecified atom stereocenters. The molecule has 7 rings (SSSR count). The van der Waals surface area contributed by atoms with Crippen molar-refractivity contribution in [2.75, 3.05) is 22.9 Å². The van der Waals surface area contributed by atoms with Crippen molar-refractivity contribution >= 4 is 35.0 Å². The summed E-state index contributed by atoms with van der Waals surface area (Å²) in [5.41, 5.74) is 2.85. The largest absolute Gasteiger partial charge is 0.476 e. The highest BCUT2D eigenvalue weighted by molar-refractivity contribution is 6.06. The Morgan fingerprint density at radius 3 is 1.42 bits per heavy atom. The number of anilines is 2. The van der Waals surface area contributed by atoms with Gasteiger partial charge in [-0.1, -0.05) is 70.3 Å². The van der Waals surface area contributed by atoms with Gasteiger partial charge in [0, 0.05) is 48.4 Å². The molecule has 0 saturated heterocycles. The maximum Gasteiger partial charge on any atom is 0.270 e. The lowest BCUT2D eigenvalue weighted by Crippen LogP contribution is -2.53. The predicted molar refractivity (Wildman–Crippen MR) is 263 cm³/mol. The zero-order valence-corrected chi connectivity index (χ0v) is 41.9. The molecule has 3 fully saturated rings. The minimum atomic E-state index is -0.921. The predicted octanol–water partition coefficient (Wildman–Crippen LogP) is 12.3. The monoisotopic (exact) mass is 895 g/mol. The molecule has 2 aliphatic heterocycles. The number of hydrogen-bond donors (Lipinski definition) is 0. The highest BCUT2D eigenvalue weighted by atomic mass is 16.5. The van der Waals surface area contributed by atoms with E-state index in [2.05, 4.69) is 44.1 Å². The first kappa shape index (κ1) is 50.1. The molecule has 358 valence electrons. The molecule has 3 saturated carbocycles. The Morgan fingerprint density at radius 2 is 1.05 bits per heavy atom. The number of benzene rings is 2. The number of aryl methyl sites for hydroxylation is 2. The van der Waals surface area contributed by atoms with E-state index < -0.39 is 11.2 Å². The summed E-state index contributed by atoms with van der Waals surface area (Å²) in [6.45, 7) is 24.8. The number of nitrogens with zero attached hydrogens (tertiary/aromatic N) is 4. The Kier molecular flexibility index (Phi) is 16.6. The van der Waals surface area contributed by atoms with Gasteiger partial charge in [-0.25, -0.2) is 0 Å². The topological polar surface area (TPSA) is 99.7 Å². The molecule has 0 aromatic heterocycles. The van der Waals surface area contributed by atoms with Crippen molar-refractivity contribution < 1.29 is 28.7 Å². The van der Waals surface area contributed by atoms with Crippen LogP contribution in [-0.2, 0) is 9.59 Å². The Labute approximate surface area is 391 Å². The molecule has 0 spiro atoms. The quantitative estimate of drug-likeness (QED) is 0.123. The number of ether oxygens (including phenoxy) is 2. The average Bonchev–Trinajstić information content (AvgIpc) is 4.08. The van der Waals surface area contributed by atoms with E-state index in [1.54, 1.807) is 0 Å². The fourth-order valence-corrected chi connectivity index (χ4v) is 10.6. The Hall–Kier alpha value is -4.34. The number of carbonyl (C=O) groups excluding carboxylic acids is 4. The summed E-state index contributed by atoms with van der Waals surface area (Å²) in [6.07, 6.45) is 22.4. The zero-order valence-electron chi connectivity index (χ0n) is 41.9. The molecule has 4 amide bonds. The number of fused-ring (bicyclic) bond motifs is 2. The van der Waals surface area contributed by atoms with Crippen molar-refractivity contribution in [1.82, 2.24) is 9.80 Å². The summed E-state index contributed by atoms with van der Waals surface area (Å²) in [5, 5.41) is 0. The van der Waals surface area contributed by atoms with Crippen LogP contribution in [0.15, 0.2) is 36.9 Å². The van der Waals surface area contributed by atoms with Crippen LogP contribution in [0, 0.1) is 19.8 Å².